The van der Waals surface area contributed by atoms with Crippen LogP contribution in [0.15, 0.2) is 106 Å². The molecule has 0 unspecified atom stereocenters. The van der Waals surface area contributed by atoms with E-state index < -0.39 is 27.5 Å². The number of rotatable bonds is 13. The molecule has 0 spiro atoms. The summed E-state index contributed by atoms with van der Waals surface area (Å²) in [7, 11) is -9.15. The van der Waals surface area contributed by atoms with Gasteiger partial charge >= 0.3 is 7.82 Å². The van der Waals surface area contributed by atoms with Gasteiger partial charge < -0.3 is 4.52 Å². The minimum Gasteiger partial charge on any atom is -0.403 e. The Hall–Kier alpha value is -2.75. The minimum atomic E-state index is -4.06. The average molecular weight is 565 g/mol. The van der Waals surface area contributed by atoms with Gasteiger partial charge in [0.1, 0.15) is 5.76 Å². The first-order valence-electron chi connectivity index (χ1n) is 11.3. The Morgan fingerprint density at radius 2 is 1.03 bits per heavy atom. The van der Waals surface area contributed by atoms with Gasteiger partial charge in [-0.1, -0.05) is 66.7 Å². The molecule has 3 rings (SSSR count). The number of sulfone groups is 2. The van der Waals surface area contributed by atoms with Gasteiger partial charge in [0.2, 0.25) is 0 Å². The predicted molar refractivity (Wildman–Crippen MR) is 142 cm³/mol. The van der Waals surface area contributed by atoms with E-state index >= 15 is 0 Å². The molecule has 0 amide bonds. The zero-order valence-corrected chi connectivity index (χ0v) is 23.0. The highest BCUT2D eigenvalue weighted by atomic mass is 32.2. The number of benzene rings is 3. The number of hydrogen-bond acceptors (Lipinski definition) is 8. The molecule has 3 aromatic carbocycles. The summed E-state index contributed by atoms with van der Waals surface area (Å²) in [6.45, 7) is 0. The monoisotopic (exact) mass is 564 g/mol. The van der Waals surface area contributed by atoms with Crippen LogP contribution in [-0.2, 0) is 37.8 Å². The van der Waals surface area contributed by atoms with Crippen molar-refractivity contribution in [1.29, 1.82) is 0 Å². The maximum Gasteiger partial charge on any atom is 0.529 e. The standard InChI is InChI=1S/C26H29O8PS2/c1-32-35(27,33-2)34-26(22-12-6-3-7-13-22)23(18-20-36(28,29)24-14-8-4-9-15-24)19-21-37(30,31)25-16-10-5-11-17-25/h3-17H,18-21H2,1-2H3. The topological polar surface area (TPSA) is 113 Å². The lowest BCUT2D eigenvalue weighted by atomic mass is 10.0. The third-order valence-corrected chi connectivity index (χ3v) is 10.3. The van der Waals surface area contributed by atoms with Gasteiger partial charge in [0.05, 0.1) is 21.3 Å². The third-order valence-electron chi connectivity index (χ3n) is 5.56. The molecule has 11 heteroatoms. The van der Waals surface area contributed by atoms with Crippen molar-refractivity contribution in [2.24, 2.45) is 0 Å². The molecule has 0 radical (unpaired) electrons. The van der Waals surface area contributed by atoms with Gasteiger partial charge in [0.25, 0.3) is 0 Å². The molecular weight excluding hydrogens is 535 g/mol. The van der Waals surface area contributed by atoms with Crippen LogP contribution in [0.5, 0.6) is 0 Å². The van der Waals surface area contributed by atoms with Crippen LogP contribution in [0.3, 0.4) is 0 Å². The van der Waals surface area contributed by atoms with Gasteiger partial charge in [-0.15, -0.1) is 0 Å². The van der Waals surface area contributed by atoms with E-state index in [4.69, 9.17) is 13.6 Å². The summed E-state index contributed by atoms with van der Waals surface area (Å²) < 4.78 is 80.7. The second-order valence-corrected chi connectivity index (χ2v) is 14.0. The summed E-state index contributed by atoms with van der Waals surface area (Å²) in [5.41, 5.74) is 0.820. The van der Waals surface area contributed by atoms with Crippen LogP contribution in [0.2, 0.25) is 0 Å². The molecule has 198 valence electrons. The second-order valence-electron chi connectivity index (χ2n) is 7.97. The summed E-state index contributed by atoms with van der Waals surface area (Å²) in [5, 5.41) is 0. The van der Waals surface area contributed by atoms with Crippen LogP contribution in [-0.4, -0.2) is 42.6 Å². The largest absolute Gasteiger partial charge is 0.529 e. The van der Waals surface area contributed by atoms with Gasteiger partial charge in [-0.3, -0.25) is 9.05 Å². The lowest BCUT2D eigenvalue weighted by Crippen LogP contribution is -2.13. The summed E-state index contributed by atoms with van der Waals surface area (Å²) in [4.78, 5) is 0.292. The Labute approximate surface area is 218 Å². The van der Waals surface area contributed by atoms with Crippen LogP contribution in [0, 0.1) is 0 Å². The molecule has 0 saturated heterocycles. The van der Waals surface area contributed by atoms with Crippen molar-refractivity contribution < 1.29 is 35.0 Å². The lowest BCUT2D eigenvalue weighted by molar-refractivity contribution is 0.200. The molecular formula is C26H29O8PS2. The van der Waals surface area contributed by atoms with Crippen molar-refractivity contribution in [2.75, 3.05) is 25.7 Å². The van der Waals surface area contributed by atoms with Gasteiger partial charge in [0, 0.05) is 19.8 Å². The predicted octanol–water partition coefficient (Wildman–Crippen LogP) is 5.54. The molecule has 37 heavy (non-hydrogen) atoms. The van der Waals surface area contributed by atoms with Crippen molar-refractivity contribution in [3.05, 3.63) is 102 Å². The summed E-state index contributed by atoms with van der Waals surface area (Å²) in [6, 6.07) is 24.5. The Kier molecular flexibility index (Phi) is 9.87. The molecule has 0 atom stereocenters. The maximum absolute atomic E-state index is 13.0. The molecule has 0 N–H and O–H groups in total. The first-order chi connectivity index (χ1) is 17.6. The highest BCUT2D eigenvalue weighted by Crippen LogP contribution is 2.52. The smallest absolute Gasteiger partial charge is 0.403 e. The van der Waals surface area contributed by atoms with Crippen molar-refractivity contribution in [3.8, 4) is 0 Å². The van der Waals surface area contributed by atoms with E-state index in [1.165, 1.54) is 24.3 Å². The van der Waals surface area contributed by atoms with Crippen LogP contribution >= 0.6 is 7.82 Å². The van der Waals surface area contributed by atoms with Gasteiger partial charge in [-0.2, -0.15) is 0 Å². The van der Waals surface area contributed by atoms with E-state index in [-0.39, 0.29) is 39.9 Å². The summed E-state index contributed by atoms with van der Waals surface area (Å²) in [5.74, 6) is -0.581. The molecule has 0 aliphatic heterocycles. The molecule has 0 fully saturated rings. The molecule has 8 nitrogen and oxygen atoms in total. The normalized spacial score (nSPS) is 12.2. The highest BCUT2D eigenvalue weighted by Gasteiger charge is 2.29. The van der Waals surface area contributed by atoms with Gasteiger partial charge in [-0.05, 0) is 42.7 Å². The Bertz CT molecular complexity index is 1370. The van der Waals surface area contributed by atoms with Crippen LogP contribution in [0.4, 0.5) is 0 Å². The van der Waals surface area contributed by atoms with Gasteiger partial charge in [-0.25, -0.2) is 21.4 Å². The van der Waals surface area contributed by atoms with E-state index in [2.05, 4.69) is 0 Å². The van der Waals surface area contributed by atoms with E-state index in [1.807, 2.05) is 0 Å². The molecule has 0 aliphatic rings. The van der Waals surface area contributed by atoms with E-state index in [0.717, 1.165) is 14.2 Å². The number of phosphoric ester groups is 1. The Morgan fingerprint density at radius 3 is 1.41 bits per heavy atom. The minimum absolute atomic E-state index is 0.0548. The zero-order chi connectivity index (χ0) is 26.9. The highest BCUT2D eigenvalue weighted by molar-refractivity contribution is 7.91. The number of allylic oxidation sites excluding steroid dienone is 1. The fourth-order valence-corrected chi connectivity index (χ4v) is 6.93. The van der Waals surface area contributed by atoms with E-state index in [1.54, 1.807) is 66.7 Å². The van der Waals surface area contributed by atoms with Gasteiger partial charge in [0.15, 0.2) is 19.7 Å². The zero-order valence-electron chi connectivity index (χ0n) is 20.5. The van der Waals surface area contributed by atoms with Crippen LogP contribution in [0.1, 0.15) is 18.4 Å². The van der Waals surface area contributed by atoms with E-state index in [0.29, 0.717) is 11.1 Å². The Balaban J connectivity index is 2.06. The molecule has 0 aromatic heterocycles. The van der Waals surface area contributed by atoms with E-state index in [9.17, 15) is 21.4 Å². The van der Waals surface area contributed by atoms with Crippen molar-refractivity contribution in [3.63, 3.8) is 0 Å². The van der Waals surface area contributed by atoms with Crippen LogP contribution < -0.4 is 0 Å². The quantitative estimate of drug-likeness (QED) is 0.196. The second kappa shape index (κ2) is 12.7. The maximum atomic E-state index is 13.0. The fourth-order valence-electron chi connectivity index (χ4n) is 3.53. The average Bonchev–Trinajstić information content (AvgIpc) is 2.93. The molecule has 3 aromatic rings. The number of hydrogen-bond donors (Lipinski definition) is 0. The number of phosphoric acid groups is 1. The van der Waals surface area contributed by atoms with Crippen molar-refractivity contribution in [1.82, 2.24) is 0 Å². The van der Waals surface area contributed by atoms with Crippen LogP contribution in [0.25, 0.3) is 5.76 Å². The summed E-state index contributed by atoms with van der Waals surface area (Å²) >= 11 is 0. The Morgan fingerprint density at radius 1 is 0.649 bits per heavy atom. The summed E-state index contributed by atoms with van der Waals surface area (Å²) in [6.07, 6.45) is -0.140. The fraction of sp³-hybridized carbons (Fsp3) is 0.231. The third kappa shape index (κ3) is 7.87. The molecule has 0 aliphatic carbocycles. The molecule has 0 heterocycles. The SMILES string of the molecule is COP(=O)(OC)OC(=C(CCS(=O)(=O)c1ccccc1)CCS(=O)(=O)c1ccccc1)c1ccccc1. The first-order valence-corrected chi connectivity index (χ1v) is 16.1. The molecule has 0 saturated carbocycles. The van der Waals surface area contributed by atoms with Crippen molar-refractivity contribution in [2.45, 2.75) is 22.6 Å². The first kappa shape index (κ1) is 28.8. The van der Waals surface area contributed by atoms with Crippen molar-refractivity contribution >= 4 is 33.3 Å². The lowest BCUT2D eigenvalue weighted by Gasteiger charge is -2.21. The molecule has 0 bridgehead atoms.